The van der Waals surface area contributed by atoms with Crippen LogP contribution in [-0.2, 0) is 33.8 Å². The van der Waals surface area contributed by atoms with Gasteiger partial charge in [0.05, 0.1) is 0 Å². The number of alkyl halides is 1. The zero-order valence-electron chi connectivity index (χ0n) is 5.30. The summed E-state index contributed by atoms with van der Waals surface area (Å²) in [7, 11) is 0. The standard InChI is InChI=1S/C5H5ClO3.Zn/c1-2-4(7)9-5(8)3-6;/h2H,1,3H2;. The quantitative estimate of drug-likeness (QED) is 0.221. The molecular weight excluding hydrogens is 209 g/mol. The van der Waals surface area contributed by atoms with E-state index in [2.05, 4.69) is 11.3 Å². The molecule has 0 fully saturated rings. The van der Waals surface area contributed by atoms with Crippen molar-refractivity contribution in [1.82, 2.24) is 0 Å². The first-order valence-corrected chi connectivity index (χ1v) is 2.67. The van der Waals surface area contributed by atoms with E-state index in [9.17, 15) is 9.59 Å². The number of carbonyl (C=O) groups excluding carboxylic acids is 2. The number of esters is 2. The molecule has 0 spiro atoms. The molecule has 3 nitrogen and oxygen atoms in total. The molecule has 0 rings (SSSR count). The Morgan fingerprint density at radius 3 is 2.40 bits per heavy atom. The van der Waals surface area contributed by atoms with Crippen molar-refractivity contribution < 1.29 is 33.8 Å². The van der Waals surface area contributed by atoms with Gasteiger partial charge in [-0.1, -0.05) is 6.58 Å². The van der Waals surface area contributed by atoms with Gasteiger partial charge in [0.25, 0.3) is 0 Å². The molecule has 0 aromatic rings. The van der Waals surface area contributed by atoms with E-state index in [4.69, 9.17) is 11.6 Å². The van der Waals surface area contributed by atoms with Gasteiger partial charge in [0.2, 0.25) is 0 Å². The van der Waals surface area contributed by atoms with Crippen LogP contribution >= 0.6 is 11.6 Å². The average molecular weight is 214 g/mol. The van der Waals surface area contributed by atoms with E-state index in [0.717, 1.165) is 6.08 Å². The molecule has 0 aromatic heterocycles. The molecule has 0 radical (unpaired) electrons. The molecule has 0 heterocycles. The Bertz CT molecular complexity index is 146. The van der Waals surface area contributed by atoms with Gasteiger partial charge in [-0.05, 0) is 0 Å². The molecule has 0 unspecified atom stereocenters. The Labute approximate surface area is 76.1 Å². The van der Waals surface area contributed by atoms with Crippen molar-refractivity contribution in [2.45, 2.75) is 0 Å². The van der Waals surface area contributed by atoms with Gasteiger partial charge in [0.15, 0.2) is 0 Å². The second-order valence-electron chi connectivity index (χ2n) is 1.13. The fourth-order valence-electron chi connectivity index (χ4n) is 0.181. The largest absolute Gasteiger partial charge is 0.389 e. The van der Waals surface area contributed by atoms with Crippen LogP contribution in [0, 0.1) is 0 Å². The van der Waals surface area contributed by atoms with Gasteiger partial charge in [-0.15, -0.1) is 11.6 Å². The van der Waals surface area contributed by atoms with Crippen LogP contribution in [0.25, 0.3) is 0 Å². The molecule has 0 saturated carbocycles. The molecule has 10 heavy (non-hydrogen) atoms. The second-order valence-corrected chi connectivity index (χ2v) is 1.40. The van der Waals surface area contributed by atoms with Gasteiger partial charge in [-0.2, -0.15) is 0 Å². The normalized spacial score (nSPS) is 7.30. The Balaban J connectivity index is 0. The molecule has 0 amide bonds. The van der Waals surface area contributed by atoms with E-state index < -0.39 is 11.9 Å². The van der Waals surface area contributed by atoms with Gasteiger partial charge in [0, 0.05) is 25.6 Å². The van der Waals surface area contributed by atoms with E-state index >= 15 is 0 Å². The molecule has 0 bridgehead atoms. The van der Waals surface area contributed by atoms with Gasteiger partial charge < -0.3 is 4.74 Å². The van der Waals surface area contributed by atoms with Gasteiger partial charge in [-0.25, -0.2) is 4.79 Å². The first-order valence-electron chi connectivity index (χ1n) is 2.13. The Morgan fingerprint density at radius 2 is 2.10 bits per heavy atom. The summed E-state index contributed by atoms with van der Waals surface area (Å²) in [6, 6.07) is 0. The molecule has 52 valence electrons. The minimum Gasteiger partial charge on any atom is -0.389 e. The van der Waals surface area contributed by atoms with Crippen LogP contribution in [0.4, 0.5) is 0 Å². The number of halogens is 1. The Morgan fingerprint density at radius 1 is 1.60 bits per heavy atom. The Hall–Kier alpha value is -0.207. The van der Waals surface area contributed by atoms with E-state index in [1.54, 1.807) is 0 Å². The van der Waals surface area contributed by atoms with E-state index in [-0.39, 0.29) is 25.4 Å². The average Bonchev–Trinajstić information content (AvgIpc) is 1.87. The summed E-state index contributed by atoms with van der Waals surface area (Å²) in [6.07, 6.45) is 0.893. The summed E-state index contributed by atoms with van der Waals surface area (Å²) < 4.78 is 4.02. The molecule has 0 aliphatic heterocycles. The van der Waals surface area contributed by atoms with Crippen LogP contribution < -0.4 is 0 Å². The summed E-state index contributed by atoms with van der Waals surface area (Å²) in [5, 5.41) is 0. The fraction of sp³-hybridized carbons (Fsp3) is 0.200. The maximum absolute atomic E-state index is 10.2. The molecule has 0 atom stereocenters. The summed E-state index contributed by atoms with van der Waals surface area (Å²) in [5.74, 6) is -1.86. The zero-order valence-corrected chi connectivity index (χ0v) is 9.02. The molecule has 0 aliphatic rings. The summed E-state index contributed by atoms with van der Waals surface area (Å²) in [6.45, 7) is 3.08. The third kappa shape index (κ3) is 5.92. The summed E-state index contributed by atoms with van der Waals surface area (Å²) in [5.41, 5.74) is 0. The molecule has 0 aliphatic carbocycles. The second kappa shape index (κ2) is 6.91. The molecule has 0 N–H and O–H groups in total. The SMILES string of the molecule is C=CC(=O)OC(=O)CCl.[Zn]. The zero-order chi connectivity index (χ0) is 7.28. The maximum Gasteiger partial charge on any atom is 0.337 e. The monoisotopic (exact) mass is 212 g/mol. The fourth-order valence-corrected chi connectivity index (χ4v) is 0.236. The third-order valence-corrected chi connectivity index (χ3v) is 0.708. The first kappa shape index (κ1) is 12.5. The predicted octanol–water partition coefficient (Wildman–Crippen LogP) is 0.478. The molecular formula is C5H5ClO3Zn. The van der Waals surface area contributed by atoms with E-state index in [0.29, 0.717) is 0 Å². The smallest absolute Gasteiger partial charge is 0.337 e. The Kier molecular flexibility index (Phi) is 8.61. The van der Waals surface area contributed by atoms with Crippen molar-refractivity contribution in [2.24, 2.45) is 0 Å². The summed E-state index contributed by atoms with van der Waals surface area (Å²) in [4.78, 5) is 20.3. The molecule has 0 saturated heterocycles. The number of hydrogen-bond acceptors (Lipinski definition) is 3. The van der Waals surface area contributed by atoms with Crippen LogP contribution in [0.15, 0.2) is 12.7 Å². The van der Waals surface area contributed by atoms with Crippen LogP contribution in [0.2, 0.25) is 0 Å². The molecule has 5 heteroatoms. The van der Waals surface area contributed by atoms with E-state index in [1.165, 1.54) is 0 Å². The number of carbonyl (C=O) groups is 2. The first-order chi connectivity index (χ1) is 4.20. The number of ether oxygens (including phenoxy) is 1. The van der Waals surface area contributed by atoms with E-state index in [1.807, 2.05) is 0 Å². The predicted molar refractivity (Wildman–Crippen MR) is 32.0 cm³/mol. The molecule has 0 aromatic carbocycles. The van der Waals surface area contributed by atoms with Crippen molar-refractivity contribution >= 4 is 23.5 Å². The minimum absolute atomic E-state index is 0. The summed E-state index contributed by atoms with van der Waals surface area (Å²) >= 11 is 4.99. The third-order valence-electron chi connectivity index (χ3n) is 0.490. The topological polar surface area (TPSA) is 43.4 Å². The van der Waals surface area contributed by atoms with Crippen molar-refractivity contribution in [2.75, 3.05) is 5.88 Å². The van der Waals surface area contributed by atoms with Crippen molar-refractivity contribution in [1.29, 1.82) is 0 Å². The van der Waals surface area contributed by atoms with Crippen molar-refractivity contribution in [3.8, 4) is 0 Å². The van der Waals surface area contributed by atoms with Crippen molar-refractivity contribution in [3.63, 3.8) is 0 Å². The van der Waals surface area contributed by atoms with Crippen molar-refractivity contribution in [3.05, 3.63) is 12.7 Å². The minimum atomic E-state index is -0.777. The van der Waals surface area contributed by atoms with Gasteiger partial charge in [-0.3, -0.25) is 4.79 Å². The number of rotatable bonds is 2. The van der Waals surface area contributed by atoms with Gasteiger partial charge in [0.1, 0.15) is 5.88 Å². The van der Waals surface area contributed by atoms with Gasteiger partial charge >= 0.3 is 11.9 Å². The van der Waals surface area contributed by atoms with Crippen LogP contribution in [0.1, 0.15) is 0 Å². The van der Waals surface area contributed by atoms with Crippen LogP contribution in [0.5, 0.6) is 0 Å². The van der Waals surface area contributed by atoms with Crippen LogP contribution in [-0.4, -0.2) is 17.8 Å². The number of hydrogen-bond donors (Lipinski definition) is 0. The van der Waals surface area contributed by atoms with Crippen LogP contribution in [0.3, 0.4) is 0 Å². The maximum atomic E-state index is 10.2.